The maximum Gasteiger partial charge on any atom is 0.174 e. The number of thioether (sulfide) groups is 1. The molecule has 0 N–H and O–H groups in total. The monoisotopic (exact) mass is 198 g/mol. The van der Waals surface area contributed by atoms with Gasteiger partial charge in [-0.3, -0.25) is 0 Å². The van der Waals surface area contributed by atoms with Crippen molar-refractivity contribution < 1.29 is 9.47 Å². The molecule has 0 heterocycles. The smallest absolute Gasteiger partial charge is 0.174 e. The van der Waals surface area contributed by atoms with Crippen molar-refractivity contribution in [2.75, 3.05) is 20.0 Å². The lowest BCUT2D eigenvalue weighted by Gasteiger charge is -2.10. The average Bonchev–Trinajstić information content (AvgIpc) is 2.18. The van der Waals surface area contributed by atoms with Crippen LogP contribution in [0.5, 0.6) is 11.5 Å². The van der Waals surface area contributed by atoms with E-state index in [1.807, 2.05) is 18.2 Å². The Morgan fingerprint density at radius 3 is 2.54 bits per heavy atom. The van der Waals surface area contributed by atoms with E-state index in [1.54, 1.807) is 26.0 Å². The Kier molecular flexibility index (Phi) is 3.96. The molecule has 13 heavy (non-hydrogen) atoms. The fraction of sp³-hybridized carbons (Fsp3) is 0.400. The van der Waals surface area contributed by atoms with Gasteiger partial charge in [0.2, 0.25) is 0 Å². The third kappa shape index (κ3) is 2.31. The van der Waals surface area contributed by atoms with Crippen LogP contribution in [0.3, 0.4) is 0 Å². The highest BCUT2D eigenvalue weighted by Gasteiger charge is 2.08. The molecule has 0 aliphatic heterocycles. The summed E-state index contributed by atoms with van der Waals surface area (Å²) in [4.78, 5) is 1.13. The largest absolute Gasteiger partial charge is 0.493 e. The first kappa shape index (κ1) is 10.3. The van der Waals surface area contributed by atoms with Crippen LogP contribution in [0.4, 0.5) is 0 Å². The van der Waals surface area contributed by atoms with Gasteiger partial charge in [0.15, 0.2) is 11.5 Å². The molecule has 0 aromatic heterocycles. The number of rotatable bonds is 4. The predicted octanol–water partition coefficient (Wildman–Crippen LogP) is 2.82. The van der Waals surface area contributed by atoms with Gasteiger partial charge in [-0.15, -0.1) is 11.8 Å². The summed E-state index contributed by atoms with van der Waals surface area (Å²) >= 11 is 1.75. The summed E-state index contributed by atoms with van der Waals surface area (Å²) in [7, 11) is 3.32. The van der Waals surface area contributed by atoms with E-state index in [-0.39, 0.29) is 0 Å². The van der Waals surface area contributed by atoms with Gasteiger partial charge in [0.25, 0.3) is 0 Å². The molecule has 0 spiro atoms. The van der Waals surface area contributed by atoms with Gasteiger partial charge in [-0.1, -0.05) is 13.0 Å². The first-order valence-corrected chi connectivity index (χ1v) is 5.15. The highest BCUT2D eigenvalue weighted by molar-refractivity contribution is 7.99. The summed E-state index contributed by atoms with van der Waals surface area (Å²) in [6.45, 7) is 2.11. The van der Waals surface area contributed by atoms with Gasteiger partial charge in [-0.2, -0.15) is 0 Å². The molecule has 0 amide bonds. The van der Waals surface area contributed by atoms with Gasteiger partial charge >= 0.3 is 0 Å². The highest BCUT2D eigenvalue weighted by Crippen LogP contribution is 2.36. The number of ether oxygens (including phenoxy) is 2. The van der Waals surface area contributed by atoms with Crippen LogP contribution in [0.25, 0.3) is 0 Å². The molecule has 0 saturated heterocycles. The van der Waals surface area contributed by atoms with Gasteiger partial charge in [0, 0.05) is 0 Å². The van der Waals surface area contributed by atoms with Crippen molar-refractivity contribution in [2.45, 2.75) is 11.8 Å². The lowest BCUT2D eigenvalue weighted by Crippen LogP contribution is -1.92. The standard InChI is InChI=1S/C10H14O2S/c1-4-13-9-7-5-6-8(11-2)10(9)12-3/h5-7H,4H2,1-3H3. The van der Waals surface area contributed by atoms with Crippen LogP contribution in [0.15, 0.2) is 23.1 Å². The molecule has 0 unspecified atom stereocenters. The molecular weight excluding hydrogens is 184 g/mol. The molecule has 0 bridgehead atoms. The molecule has 1 aromatic rings. The van der Waals surface area contributed by atoms with Crippen molar-refractivity contribution in [1.29, 1.82) is 0 Å². The van der Waals surface area contributed by atoms with Crippen molar-refractivity contribution in [3.8, 4) is 11.5 Å². The minimum atomic E-state index is 0.793. The van der Waals surface area contributed by atoms with Crippen LogP contribution in [-0.2, 0) is 0 Å². The van der Waals surface area contributed by atoms with Crippen molar-refractivity contribution in [3.05, 3.63) is 18.2 Å². The minimum Gasteiger partial charge on any atom is -0.493 e. The fourth-order valence-corrected chi connectivity index (χ4v) is 1.93. The number of methoxy groups -OCH3 is 2. The molecule has 0 saturated carbocycles. The Bertz CT molecular complexity index is 274. The third-order valence-corrected chi connectivity index (χ3v) is 2.59. The summed E-state index contributed by atoms with van der Waals surface area (Å²) in [5.41, 5.74) is 0. The second-order valence-corrected chi connectivity index (χ2v) is 3.73. The Balaban J connectivity index is 3.03. The molecule has 3 heteroatoms. The second kappa shape index (κ2) is 5.02. The molecule has 1 rings (SSSR count). The van der Waals surface area contributed by atoms with E-state index < -0.39 is 0 Å². The highest BCUT2D eigenvalue weighted by atomic mass is 32.2. The van der Waals surface area contributed by atoms with Crippen molar-refractivity contribution in [3.63, 3.8) is 0 Å². The Morgan fingerprint density at radius 2 is 2.00 bits per heavy atom. The molecule has 0 fully saturated rings. The zero-order chi connectivity index (χ0) is 9.68. The van der Waals surface area contributed by atoms with E-state index in [0.717, 1.165) is 22.1 Å². The van der Waals surface area contributed by atoms with Gasteiger partial charge in [-0.25, -0.2) is 0 Å². The molecule has 1 aromatic carbocycles. The average molecular weight is 198 g/mol. The Morgan fingerprint density at radius 1 is 1.23 bits per heavy atom. The van der Waals surface area contributed by atoms with Crippen LogP contribution in [0.2, 0.25) is 0 Å². The van der Waals surface area contributed by atoms with E-state index in [9.17, 15) is 0 Å². The van der Waals surface area contributed by atoms with Gasteiger partial charge in [-0.05, 0) is 17.9 Å². The first-order chi connectivity index (χ1) is 6.33. The number of para-hydroxylation sites is 1. The SMILES string of the molecule is CCSc1cccc(OC)c1OC. The van der Waals surface area contributed by atoms with Crippen molar-refractivity contribution in [2.24, 2.45) is 0 Å². The maximum absolute atomic E-state index is 5.27. The van der Waals surface area contributed by atoms with Crippen LogP contribution in [-0.4, -0.2) is 20.0 Å². The van der Waals surface area contributed by atoms with E-state index in [2.05, 4.69) is 6.92 Å². The molecular formula is C10H14O2S. The summed E-state index contributed by atoms with van der Waals surface area (Å²) in [6, 6.07) is 5.91. The molecule has 2 nitrogen and oxygen atoms in total. The van der Waals surface area contributed by atoms with Gasteiger partial charge in [0.1, 0.15) is 0 Å². The maximum atomic E-state index is 5.27. The van der Waals surface area contributed by atoms with Gasteiger partial charge < -0.3 is 9.47 Å². The molecule has 0 aliphatic rings. The quantitative estimate of drug-likeness (QED) is 0.693. The summed E-state index contributed by atoms with van der Waals surface area (Å²) in [5, 5.41) is 0. The number of hydrogen-bond acceptors (Lipinski definition) is 3. The molecule has 0 aliphatic carbocycles. The molecule has 0 atom stereocenters. The van der Waals surface area contributed by atoms with Crippen LogP contribution in [0.1, 0.15) is 6.92 Å². The normalized spacial score (nSPS) is 9.77. The Hall–Kier alpha value is -0.830. The lowest BCUT2D eigenvalue weighted by atomic mass is 10.3. The number of benzene rings is 1. The van der Waals surface area contributed by atoms with Crippen LogP contribution < -0.4 is 9.47 Å². The minimum absolute atomic E-state index is 0.793. The lowest BCUT2D eigenvalue weighted by molar-refractivity contribution is 0.348. The topological polar surface area (TPSA) is 18.5 Å². The summed E-state index contributed by atoms with van der Waals surface area (Å²) in [6.07, 6.45) is 0. The Labute approximate surface area is 83.2 Å². The van der Waals surface area contributed by atoms with E-state index in [1.165, 1.54) is 0 Å². The van der Waals surface area contributed by atoms with E-state index in [0.29, 0.717) is 0 Å². The van der Waals surface area contributed by atoms with Crippen LogP contribution in [0, 0.1) is 0 Å². The predicted molar refractivity (Wildman–Crippen MR) is 55.9 cm³/mol. The summed E-state index contributed by atoms with van der Waals surface area (Å²) < 4.78 is 10.5. The third-order valence-electron chi connectivity index (χ3n) is 1.67. The number of hydrogen-bond donors (Lipinski definition) is 0. The first-order valence-electron chi connectivity index (χ1n) is 4.17. The van der Waals surface area contributed by atoms with Gasteiger partial charge in [0.05, 0.1) is 19.1 Å². The van der Waals surface area contributed by atoms with Crippen molar-refractivity contribution in [1.82, 2.24) is 0 Å². The zero-order valence-corrected chi connectivity index (χ0v) is 8.98. The summed E-state index contributed by atoms with van der Waals surface area (Å²) in [5.74, 6) is 2.65. The van der Waals surface area contributed by atoms with Crippen molar-refractivity contribution >= 4 is 11.8 Å². The molecule has 0 radical (unpaired) electrons. The fourth-order valence-electron chi connectivity index (χ4n) is 1.13. The van der Waals surface area contributed by atoms with Crippen LogP contribution >= 0.6 is 11.8 Å². The van der Waals surface area contributed by atoms with E-state index >= 15 is 0 Å². The molecule has 72 valence electrons. The zero-order valence-electron chi connectivity index (χ0n) is 8.16. The second-order valence-electron chi connectivity index (χ2n) is 2.42. The van der Waals surface area contributed by atoms with E-state index in [4.69, 9.17) is 9.47 Å².